The average Bonchev–Trinajstić information content (AvgIpc) is 3.00. The Morgan fingerprint density at radius 2 is 2.26 bits per heavy atom. The quantitative estimate of drug-likeness (QED) is 0.841. The second-order valence-electron chi connectivity index (χ2n) is 5.61. The van der Waals surface area contributed by atoms with Crippen molar-refractivity contribution in [1.29, 1.82) is 0 Å². The first kappa shape index (κ1) is 12.5. The normalized spacial score (nSPS) is 29.2. The molecule has 0 aromatic heterocycles. The fourth-order valence-corrected chi connectivity index (χ4v) is 3.21. The maximum atomic E-state index is 12.6. The van der Waals surface area contributed by atoms with Gasteiger partial charge in [0.1, 0.15) is 6.04 Å². The molecule has 4 heteroatoms. The van der Waals surface area contributed by atoms with Crippen LogP contribution in [-0.2, 0) is 11.2 Å². The number of carbonyl (C=O) groups excluding carboxylic acids is 1. The molecular weight excluding hydrogens is 240 g/mol. The second kappa shape index (κ2) is 4.85. The summed E-state index contributed by atoms with van der Waals surface area (Å²) < 4.78 is 0. The van der Waals surface area contributed by atoms with Crippen molar-refractivity contribution in [2.24, 2.45) is 5.92 Å². The summed E-state index contributed by atoms with van der Waals surface area (Å²) in [6, 6.07) is 7.87. The fraction of sp³-hybridized carbons (Fsp3) is 0.533. The van der Waals surface area contributed by atoms with E-state index >= 15 is 0 Å². The summed E-state index contributed by atoms with van der Waals surface area (Å²) in [5, 5.41) is 12.8. The van der Waals surface area contributed by atoms with E-state index in [-0.39, 0.29) is 24.6 Å². The Hall–Kier alpha value is -1.55. The highest BCUT2D eigenvalue weighted by atomic mass is 16.3. The van der Waals surface area contributed by atoms with E-state index in [1.54, 1.807) is 0 Å². The third-order valence-electron chi connectivity index (χ3n) is 4.42. The predicted octanol–water partition coefficient (Wildman–Crippen LogP) is 1.25. The molecule has 3 unspecified atom stereocenters. The number of carbonyl (C=O) groups is 1. The lowest BCUT2D eigenvalue weighted by Gasteiger charge is -2.28. The number of hydrogen-bond donors (Lipinski definition) is 2. The molecule has 0 saturated carbocycles. The van der Waals surface area contributed by atoms with Gasteiger partial charge in [-0.1, -0.05) is 25.1 Å². The molecule has 2 heterocycles. The molecule has 1 fully saturated rings. The predicted molar refractivity (Wildman–Crippen MR) is 73.9 cm³/mol. The van der Waals surface area contributed by atoms with Crippen molar-refractivity contribution >= 4 is 11.6 Å². The molecule has 1 saturated heterocycles. The van der Waals surface area contributed by atoms with Crippen molar-refractivity contribution in [3.8, 4) is 0 Å². The summed E-state index contributed by atoms with van der Waals surface area (Å²) in [7, 11) is 0. The Morgan fingerprint density at radius 1 is 1.47 bits per heavy atom. The molecule has 4 nitrogen and oxygen atoms in total. The lowest BCUT2D eigenvalue weighted by Crippen LogP contribution is -2.47. The lowest BCUT2D eigenvalue weighted by atomic mass is 10.0. The minimum atomic E-state index is -0.170. The molecule has 2 N–H and O–H groups in total. The Bertz CT molecular complexity index is 464. The molecule has 1 amide bonds. The number of aliphatic hydroxyl groups is 1. The van der Waals surface area contributed by atoms with Gasteiger partial charge in [0.2, 0.25) is 5.91 Å². The van der Waals surface area contributed by atoms with Crippen molar-refractivity contribution in [1.82, 2.24) is 4.90 Å². The van der Waals surface area contributed by atoms with Gasteiger partial charge in [-0.3, -0.25) is 4.79 Å². The van der Waals surface area contributed by atoms with Gasteiger partial charge in [-0.25, -0.2) is 0 Å². The highest BCUT2D eigenvalue weighted by Gasteiger charge is 2.38. The van der Waals surface area contributed by atoms with Crippen LogP contribution in [0.1, 0.15) is 18.9 Å². The van der Waals surface area contributed by atoms with E-state index in [1.807, 2.05) is 23.1 Å². The standard InChI is InChI=1S/C15H20N2O2/c1-10-6-7-17(14(10)9-18)15(19)13-8-11-4-2-3-5-12(11)16-13/h2-5,10,13-14,16,18H,6-9H2,1H3. The van der Waals surface area contributed by atoms with E-state index in [0.717, 1.165) is 25.1 Å². The molecule has 1 aromatic carbocycles. The largest absolute Gasteiger partial charge is 0.394 e. The van der Waals surface area contributed by atoms with Crippen LogP contribution in [-0.4, -0.2) is 41.1 Å². The molecular formula is C15H20N2O2. The lowest BCUT2D eigenvalue weighted by molar-refractivity contribution is -0.133. The SMILES string of the molecule is CC1CCN(C(=O)C2Cc3ccccc3N2)C1CO. The summed E-state index contributed by atoms with van der Waals surface area (Å²) in [5.74, 6) is 0.511. The van der Waals surface area contributed by atoms with E-state index in [9.17, 15) is 9.90 Å². The van der Waals surface area contributed by atoms with E-state index in [4.69, 9.17) is 0 Å². The molecule has 3 atom stereocenters. The van der Waals surface area contributed by atoms with Crippen molar-refractivity contribution < 1.29 is 9.90 Å². The van der Waals surface area contributed by atoms with Gasteiger partial charge < -0.3 is 15.3 Å². The molecule has 2 aliphatic heterocycles. The summed E-state index contributed by atoms with van der Waals surface area (Å²) in [6.45, 7) is 2.93. The fourth-order valence-electron chi connectivity index (χ4n) is 3.21. The monoisotopic (exact) mass is 260 g/mol. The van der Waals surface area contributed by atoms with E-state index < -0.39 is 0 Å². The Morgan fingerprint density at radius 3 is 3.00 bits per heavy atom. The van der Waals surface area contributed by atoms with Gasteiger partial charge in [0.05, 0.1) is 12.6 Å². The summed E-state index contributed by atoms with van der Waals surface area (Å²) in [5.41, 5.74) is 2.27. The summed E-state index contributed by atoms with van der Waals surface area (Å²) in [6.07, 6.45) is 1.73. The minimum Gasteiger partial charge on any atom is -0.394 e. The number of nitrogens with zero attached hydrogens (tertiary/aromatic N) is 1. The molecule has 102 valence electrons. The van der Waals surface area contributed by atoms with Gasteiger partial charge in [0, 0.05) is 18.7 Å². The van der Waals surface area contributed by atoms with Crippen LogP contribution in [0.2, 0.25) is 0 Å². The molecule has 2 aliphatic rings. The number of rotatable bonds is 2. The van der Waals surface area contributed by atoms with E-state index in [2.05, 4.69) is 18.3 Å². The first-order chi connectivity index (χ1) is 9.20. The number of para-hydroxylation sites is 1. The van der Waals surface area contributed by atoms with Crippen molar-refractivity contribution in [2.45, 2.75) is 31.8 Å². The number of likely N-dealkylation sites (tertiary alicyclic amines) is 1. The van der Waals surface area contributed by atoms with Crippen LogP contribution >= 0.6 is 0 Å². The molecule has 1 aromatic rings. The van der Waals surface area contributed by atoms with Crippen molar-refractivity contribution in [2.75, 3.05) is 18.5 Å². The van der Waals surface area contributed by atoms with Gasteiger partial charge in [-0.15, -0.1) is 0 Å². The molecule has 3 rings (SSSR count). The smallest absolute Gasteiger partial charge is 0.245 e. The summed E-state index contributed by atoms with van der Waals surface area (Å²) >= 11 is 0. The zero-order valence-corrected chi connectivity index (χ0v) is 11.2. The number of anilines is 1. The maximum absolute atomic E-state index is 12.6. The van der Waals surface area contributed by atoms with Gasteiger partial charge in [-0.05, 0) is 24.0 Å². The van der Waals surface area contributed by atoms with E-state index in [1.165, 1.54) is 5.56 Å². The number of nitrogens with one attached hydrogen (secondary N) is 1. The number of benzene rings is 1. The van der Waals surface area contributed by atoms with Crippen LogP contribution in [0.5, 0.6) is 0 Å². The van der Waals surface area contributed by atoms with Crippen LogP contribution in [0.3, 0.4) is 0 Å². The van der Waals surface area contributed by atoms with Crippen LogP contribution in [0.15, 0.2) is 24.3 Å². The van der Waals surface area contributed by atoms with Gasteiger partial charge >= 0.3 is 0 Å². The number of fused-ring (bicyclic) bond motifs is 1. The maximum Gasteiger partial charge on any atom is 0.245 e. The van der Waals surface area contributed by atoms with Crippen molar-refractivity contribution in [3.05, 3.63) is 29.8 Å². The average molecular weight is 260 g/mol. The third kappa shape index (κ3) is 2.10. The zero-order chi connectivity index (χ0) is 13.4. The van der Waals surface area contributed by atoms with Gasteiger partial charge in [0.15, 0.2) is 0 Å². The Balaban J connectivity index is 1.73. The topological polar surface area (TPSA) is 52.6 Å². The molecule has 0 spiro atoms. The first-order valence-electron chi connectivity index (χ1n) is 6.96. The highest BCUT2D eigenvalue weighted by Crippen LogP contribution is 2.29. The van der Waals surface area contributed by atoms with Gasteiger partial charge in [-0.2, -0.15) is 0 Å². The molecule has 0 bridgehead atoms. The summed E-state index contributed by atoms with van der Waals surface area (Å²) in [4.78, 5) is 14.4. The van der Waals surface area contributed by atoms with E-state index in [0.29, 0.717) is 5.92 Å². The third-order valence-corrected chi connectivity index (χ3v) is 4.42. The van der Waals surface area contributed by atoms with Crippen LogP contribution in [0.25, 0.3) is 0 Å². The molecule has 19 heavy (non-hydrogen) atoms. The Labute approximate surface area is 113 Å². The first-order valence-corrected chi connectivity index (χ1v) is 6.96. The van der Waals surface area contributed by atoms with Gasteiger partial charge in [0.25, 0.3) is 0 Å². The second-order valence-corrected chi connectivity index (χ2v) is 5.61. The van der Waals surface area contributed by atoms with Crippen LogP contribution in [0, 0.1) is 5.92 Å². The number of amides is 1. The molecule has 0 radical (unpaired) electrons. The molecule has 0 aliphatic carbocycles. The number of hydrogen-bond acceptors (Lipinski definition) is 3. The highest BCUT2D eigenvalue weighted by molar-refractivity contribution is 5.88. The Kier molecular flexibility index (Phi) is 3.19. The minimum absolute atomic E-state index is 0.0157. The number of aliphatic hydroxyl groups excluding tert-OH is 1. The van der Waals surface area contributed by atoms with Crippen molar-refractivity contribution in [3.63, 3.8) is 0 Å². The van der Waals surface area contributed by atoms with Crippen LogP contribution in [0.4, 0.5) is 5.69 Å². The van der Waals surface area contributed by atoms with Crippen LogP contribution < -0.4 is 5.32 Å². The zero-order valence-electron chi connectivity index (χ0n) is 11.2.